The normalized spacial score (nSPS) is 17.2. The molecular weight excluding hydrogens is 377 g/mol. The molecule has 1 aromatic carbocycles. The summed E-state index contributed by atoms with van der Waals surface area (Å²) in [4.78, 5) is 27.6. The van der Waals surface area contributed by atoms with Crippen molar-refractivity contribution in [3.63, 3.8) is 0 Å². The number of piperazine rings is 1. The Balaban J connectivity index is 1.52. The summed E-state index contributed by atoms with van der Waals surface area (Å²) in [5.41, 5.74) is 1.06. The van der Waals surface area contributed by atoms with Crippen LogP contribution >= 0.6 is 0 Å². The Morgan fingerprint density at radius 3 is 2.90 bits per heavy atom. The van der Waals surface area contributed by atoms with Gasteiger partial charge in [-0.3, -0.25) is 9.69 Å². The first kappa shape index (κ1) is 19.1. The van der Waals surface area contributed by atoms with Crippen molar-refractivity contribution in [1.29, 1.82) is 0 Å². The number of nitrogens with zero attached hydrogens (tertiary/aromatic N) is 5. The fourth-order valence-corrected chi connectivity index (χ4v) is 3.09. The molecule has 150 valence electrons. The molecule has 9 nitrogen and oxygen atoms in total. The maximum atomic E-state index is 13.0. The molecule has 0 saturated carbocycles. The molecule has 4 rings (SSSR count). The lowest BCUT2D eigenvalue weighted by Crippen LogP contribution is -2.44. The number of nitrogens with one attached hydrogen (secondary N) is 2. The zero-order valence-corrected chi connectivity index (χ0v) is 15.8. The van der Waals surface area contributed by atoms with E-state index in [0.29, 0.717) is 12.4 Å². The second-order valence-corrected chi connectivity index (χ2v) is 6.72. The molecule has 2 aromatic heterocycles. The first-order valence-corrected chi connectivity index (χ1v) is 9.20. The number of amides is 1. The van der Waals surface area contributed by atoms with Crippen LogP contribution in [-0.4, -0.2) is 57.6 Å². The van der Waals surface area contributed by atoms with Crippen LogP contribution in [-0.2, 0) is 6.54 Å². The fraction of sp³-hybridized carbons (Fsp3) is 0.316. The van der Waals surface area contributed by atoms with E-state index in [4.69, 9.17) is 4.52 Å². The molecular formula is C19H20FN7O2. The maximum absolute atomic E-state index is 13.0. The van der Waals surface area contributed by atoms with Gasteiger partial charge in [-0.2, -0.15) is 4.98 Å². The zero-order valence-electron chi connectivity index (χ0n) is 15.8. The Morgan fingerprint density at radius 2 is 2.10 bits per heavy atom. The van der Waals surface area contributed by atoms with Gasteiger partial charge in [0.25, 0.3) is 11.8 Å². The molecule has 1 aliphatic rings. The topological polar surface area (TPSA) is 109 Å². The van der Waals surface area contributed by atoms with Gasteiger partial charge in [0.2, 0.25) is 0 Å². The van der Waals surface area contributed by atoms with Crippen LogP contribution in [0.25, 0.3) is 11.6 Å². The van der Waals surface area contributed by atoms with Gasteiger partial charge in [0.15, 0.2) is 17.2 Å². The van der Waals surface area contributed by atoms with E-state index < -0.39 is 5.91 Å². The highest BCUT2D eigenvalue weighted by molar-refractivity contribution is 5.96. The van der Waals surface area contributed by atoms with Crippen molar-refractivity contribution >= 4 is 5.91 Å². The molecule has 1 aliphatic heterocycles. The standard InChI is InChI=1S/C19H20FN7O2/c1-27-9-8-21-11-14(27)17-25-19(29-26-17)16-15(22-6-7-23-16)18(28)24-10-12-2-4-13(20)5-3-12/h2-7,14,21H,8-11H2,1H3,(H,24,28). The van der Waals surface area contributed by atoms with Crippen LogP contribution in [0, 0.1) is 5.82 Å². The summed E-state index contributed by atoms with van der Waals surface area (Å²) in [6.07, 6.45) is 2.89. The quantitative estimate of drug-likeness (QED) is 0.660. The lowest BCUT2D eigenvalue weighted by molar-refractivity contribution is 0.0946. The first-order chi connectivity index (χ1) is 14.1. The molecule has 29 heavy (non-hydrogen) atoms. The highest BCUT2D eigenvalue weighted by Crippen LogP contribution is 2.23. The van der Waals surface area contributed by atoms with Gasteiger partial charge < -0.3 is 15.2 Å². The molecule has 10 heteroatoms. The number of carbonyl (C=O) groups is 1. The van der Waals surface area contributed by atoms with Gasteiger partial charge in [0, 0.05) is 38.6 Å². The van der Waals surface area contributed by atoms with E-state index in [2.05, 4.69) is 35.6 Å². The minimum absolute atomic E-state index is 0.0197. The predicted octanol–water partition coefficient (Wildman–Crippen LogP) is 1.17. The Kier molecular flexibility index (Phi) is 5.54. The monoisotopic (exact) mass is 397 g/mol. The van der Waals surface area contributed by atoms with E-state index in [9.17, 15) is 9.18 Å². The zero-order chi connectivity index (χ0) is 20.2. The van der Waals surface area contributed by atoms with Crippen molar-refractivity contribution in [2.24, 2.45) is 0 Å². The molecule has 3 aromatic rings. The number of hydrogen-bond acceptors (Lipinski definition) is 8. The van der Waals surface area contributed by atoms with Gasteiger partial charge in [0.05, 0.1) is 6.04 Å². The highest BCUT2D eigenvalue weighted by Gasteiger charge is 2.27. The van der Waals surface area contributed by atoms with Crippen molar-refractivity contribution in [2.45, 2.75) is 12.6 Å². The number of hydrogen-bond donors (Lipinski definition) is 2. The smallest absolute Gasteiger partial charge is 0.279 e. The fourth-order valence-electron chi connectivity index (χ4n) is 3.09. The Morgan fingerprint density at radius 1 is 1.31 bits per heavy atom. The van der Waals surface area contributed by atoms with Crippen molar-refractivity contribution in [2.75, 3.05) is 26.7 Å². The van der Waals surface area contributed by atoms with Gasteiger partial charge in [-0.25, -0.2) is 14.4 Å². The molecule has 0 bridgehead atoms. The predicted molar refractivity (Wildman–Crippen MR) is 101 cm³/mol. The third-order valence-corrected chi connectivity index (χ3v) is 4.73. The molecule has 1 amide bonds. The van der Waals surface area contributed by atoms with Gasteiger partial charge in [-0.15, -0.1) is 0 Å². The Labute approximate surface area is 166 Å². The van der Waals surface area contributed by atoms with E-state index >= 15 is 0 Å². The van der Waals surface area contributed by atoms with E-state index in [-0.39, 0.29) is 35.7 Å². The summed E-state index contributed by atoms with van der Waals surface area (Å²) in [5, 5.41) is 10.1. The SMILES string of the molecule is CN1CCNCC1c1noc(-c2nccnc2C(=O)NCc2ccc(F)cc2)n1. The highest BCUT2D eigenvalue weighted by atomic mass is 19.1. The molecule has 3 heterocycles. The largest absolute Gasteiger partial charge is 0.347 e. The third kappa shape index (κ3) is 4.28. The molecule has 1 atom stereocenters. The average molecular weight is 397 g/mol. The van der Waals surface area contributed by atoms with Crippen LogP contribution < -0.4 is 10.6 Å². The minimum Gasteiger partial charge on any atom is -0.347 e. The van der Waals surface area contributed by atoms with E-state index in [0.717, 1.165) is 18.7 Å². The van der Waals surface area contributed by atoms with Crippen LogP contribution in [0.15, 0.2) is 41.2 Å². The Hall–Kier alpha value is -3.24. The lowest BCUT2D eigenvalue weighted by Gasteiger charge is -2.30. The van der Waals surface area contributed by atoms with Gasteiger partial charge in [0.1, 0.15) is 5.82 Å². The summed E-state index contributed by atoms with van der Waals surface area (Å²) >= 11 is 0. The van der Waals surface area contributed by atoms with Crippen molar-refractivity contribution < 1.29 is 13.7 Å². The maximum Gasteiger partial charge on any atom is 0.279 e. The molecule has 2 N–H and O–H groups in total. The molecule has 0 radical (unpaired) electrons. The Bertz CT molecular complexity index is 992. The molecule has 1 saturated heterocycles. The molecule has 1 unspecified atom stereocenters. The number of halogens is 1. The van der Waals surface area contributed by atoms with Gasteiger partial charge in [-0.05, 0) is 24.7 Å². The molecule has 0 aliphatic carbocycles. The number of aromatic nitrogens is 4. The number of likely N-dealkylation sites (N-methyl/N-ethyl adjacent to an activating group) is 1. The summed E-state index contributed by atoms with van der Waals surface area (Å²) in [6.45, 7) is 2.71. The number of rotatable bonds is 5. The van der Waals surface area contributed by atoms with Crippen molar-refractivity contribution in [3.8, 4) is 11.6 Å². The molecule has 0 spiro atoms. The lowest BCUT2D eigenvalue weighted by atomic mass is 10.2. The van der Waals surface area contributed by atoms with Gasteiger partial charge in [-0.1, -0.05) is 17.3 Å². The van der Waals surface area contributed by atoms with E-state index in [1.54, 1.807) is 12.1 Å². The second-order valence-electron chi connectivity index (χ2n) is 6.72. The van der Waals surface area contributed by atoms with Crippen LogP contribution in [0.4, 0.5) is 4.39 Å². The average Bonchev–Trinajstić information content (AvgIpc) is 3.23. The number of carbonyl (C=O) groups excluding carboxylic acids is 1. The van der Waals surface area contributed by atoms with Crippen LogP contribution in [0.5, 0.6) is 0 Å². The number of benzene rings is 1. The summed E-state index contributed by atoms with van der Waals surface area (Å²) < 4.78 is 18.4. The summed E-state index contributed by atoms with van der Waals surface area (Å²) in [6, 6.07) is 5.87. The summed E-state index contributed by atoms with van der Waals surface area (Å²) in [7, 11) is 2.00. The van der Waals surface area contributed by atoms with Crippen LogP contribution in [0.3, 0.4) is 0 Å². The van der Waals surface area contributed by atoms with E-state index in [1.807, 2.05) is 7.05 Å². The second kappa shape index (κ2) is 8.41. The van der Waals surface area contributed by atoms with Gasteiger partial charge >= 0.3 is 0 Å². The van der Waals surface area contributed by atoms with Crippen molar-refractivity contribution in [3.05, 3.63) is 59.6 Å². The van der Waals surface area contributed by atoms with Crippen molar-refractivity contribution in [1.82, 2.24) is 35.6 Å². The minimum atomic E-state index is -0.436. The van der Waals surface area contributed by atoms with Crippen LogP contribution in [0.1, 0.15) is 27.9 Å². The third-order valence-electron chi connectivity index (χ3n) is 4.73. The molecule has 1 fully saturated rings. The first-order valence-electron chi connectivity index (χ1n) is 9.20. The summed E-state index contributed by atoms with van der Waals surface area (Å²) in [5.74, 6) is -0.104. The van der Waals surface area contributed by atoms with Crippen LogP contribution in [0.2, 0.25) is 0 Å². The van der Waals surface area contributed by atoms with E-state index in [1.165, 1.54) is 24.5 Å².